The van der Waals surface area contributed by atoms with E-state index in [-0.39, 0.29) is 0 Å². The summed E-state index contributed by atoms with van der Waals surface area (Å²) in [6.07, 6.45) is 54.4. The zero-order valence-corrected chi connectivity index (χ0v) is 45.5. The fourth-order valence-electron chi connectivity index (χ4n) is 9.71. The van der Waals surface area contributed by atoms with E-state index in [4.69, 9.17) is 33.9 Å². The third kappa shape index (κ3) is 41.8. The summed E-state index contributed by atoms with van der Waals surface area (Å²) in [4.78, 5) is 6.53. The molecule has 0 unspecified atom stereocenters. The van der Waals surface area contributed by atoms with Crippen LogP contribution in [0.15, 0.2) is 0 Å². The number of unbranched alkanes of at least 4 members (excludes halogenated alkanes) is 28. The molecule has 0 amide bonds. The Bertz CT molecular complexity index is 882. The highest BCUT2D eigenvalue weighted by molar-refractivity contribution is 7.80. The largest absolute Gasteiger partial charge is 0.484 e. The maximum atomic E-state index is 6.49. The molecule has 1 fully saturated rings. The highest BCUT2D eigenvalue weighted by atomic mass is 32.1. The third-order valence-corrected chi connectivity index (χ3v) is 14.6. The topological polar surface area (TPSA) is 37.0 Å². The minimum atomic E-state index is 0.344. The first-order chi connectivity index (χ1) is 31.5. The van der Waals surface area contributed by atoms with Crippen molar-refractivity contribution in [2.24, 2.45) is 0 Å². The number of thiocarbonyl (C=S) groups is 2. The Kier molecular flexibility index (Phi) is 47.3. The van der Waals surface area contributed by atoms with Gasteiger partial charge in [-0.15, -0.1) is 0 Å². The van der Waals surface area contributed by atoms with E-state index in [0.29, 0.717) is 12.1 Å². The van der Waals surface area contributed by atoms with Gasteiger partial charge in [0.25, 0.3) is 0 Å². The summed E-state index contributed by atoms with van der Waals surface area (Å²) >= 11 is 11.8. The maximum absolute atomic E-state index is 6.49. The standard InChI is InChI=1S/C57H113N3O2S2/c1-5-9-13-17-23-31-40-54(41-32-24-18-14-10-6-2)58-56(63)44-35-27-21-29-37-46-59(48-39-49-60-50-52-61-53-51-60)47-38-30-22-28-36-45-57(64)62-55(42-33-25-19-15-11-7-3)43-34-26-20-16-12-8-4/h54-55H,5-53H2,1-4H3,(H,58,63). The summed E-state index contributed by atoms with van der Waals surface area (Å²) in [7, 11) is 0. The van der Waals surface area contributed by atoms with Gasteiger partial charge in [-0.1, -0.05) is 220 Å². The molecule has 5 nitrogen and oxygen atoms in total. The lowest BCUT2D eigenvalue weighted by Gasteiger charge is -2.28. The van der Waals surface area contributed by atoms with E-state index >= 15 is 0 Å². The molecule has 1 rings (SSSR count). The van der Waals surface area contributed by atoms with Gasteiger partial charge in [-0.05, 0) is 115 Å². The molecule has 380 valence electrons. The highest BCUT2D eigenvalue weighted by Gasteiger charge is 2.14. The predicted octanol–water partition coefficient (Wildman–Crippen LogP) is 17.7. The predicted molar refractivity (Wildman–Crippen MR) is 293 cm³/mol. The van der Waals surface area contributed by atoms with Crippen LogP contribution < -0.4 is 5.32 Å². The number of rotatable bonds is 50. The van der Waals surface area contributed by atoms with Crippen LogP contribution in [0.1, 0.15) is 291 Å². The fourth-order valence-corrected chi connectivity index (χ4v) is 10.3. The second-order valence-electron chi connectivity index (χ2n) is 20.3. The van der Waals surface area contributed by atoms with Crippen molar-refractivity contribution in [3.05, 3.63) is 0 Å². The van der Waals surface area contributed by atoms with Crippen molar-refractivity contribution in [1.29, 1.82) is 0 Å². The molecule has 0 radical (unpaired) electrons. The monoisotopic (exact) mass is 936 g/mol. The number of nitrogens with zero attached hydrogens (tertiary/aromatic N) is 2. The second kappa shape index (κ2) is 49.1. The van der Waals surface area contributed by atoms with Crippen molar-refractivity contribution in [2.75, 3.05) is 52.5 Å². The van der Waals surface area contributed by atoms with Crippen LogP contribution >= 0.6 is 24.4 Å². The van der Waals surface area contributed by atoms with Crippen molar-refractivity contribution >= 4 is 34.5 Å². The van der Waals surface area contributed by atoms with Crippen LogP contribution in [0.4, 0.5) is 0 Å². The Morgan fingerprint density at radius 3 is 1.31 bits per heavy atom. The quantitative estimate of drug-likeness (QED) is 0.0481. The van der Waals surface area contributed by atoms with Crippen LogP contribution in [0.5, 0.6) is 0 Å². The number of hydrogen-bond donors (Lipinski definition) is 1. The Hall–Kier alpha value is -0.340. The third-order valence-electron chi connectivity index (χ3n) is 14.0. The molecule has 1 heterocycles. The van der Waals surface area contributed by atoms with Gasteiger partial charge in [0.15, 0.2) is 5.05 Å². The molecule has 0 aliphatic carbocycles. The number of hydrogen-bond acceptors (Lipinski definition) is 6. The van der Waals surface area contributed by atoms with E-state index < -0.39 is 0 Å². The van der Waals surface area contributed by atoms with E-state index in [2.05, 4.69) is 42.8 Å². The van der Waals surface area contributed by atoms with E-state index in [0.717, 1.165) is 49.2 Å². The first kappa shape index (κ1) is 61.7. The normalized spacial score (nSPS) is 13.5. The molecule has 7 heteroatoms. The van der Waals surface area contributed by atoms with Crippen molar-refractivity contribution < 1.29 is 9.47 Å². The van der Waals surface area contributed by atoms with Crippen LogP contribution in [-0.4, -0.2) is 84.5 Å². The summed E-state index contributed by atoms with van der Waals surface area (Å²) in [5.41, 5.74) is 0. The van der Waals surface area contributed by atoms with Gasteiger partial charge in [0.1, 0.15) is 0 Å². The molecule has 1 N–H and O–H groups in total. The van der Waals surface area contributed by atoms with Crippen LogP contribution in [0.25, 0.3) is 0 Å². The van der Waals surface area contributed by atoms with Crippen molar-refractivity contribution in [2.45, 2.75) is 303 Å². The molecule has 0 atom stereocenters. The van der Waals surface area contributed by atoms with Crippen molar-refractivity contribution in [3.8, 4) is 0 Å². The van der Waals surface area contributed by atoms with Crippen LogP contribution in [0.3, 0.4) is 0 Å². The lowest BCUT2D eigenvalue weighted by molar-refractivity contribution is 0.0360. The zero-order chi connectivity index (χ0) is 46.2. The molecule has 0 aromatic heterocycles. The van der Waals surface area contributed by atoms with Gasteiger partial charge in [-0.25, -0.2) is 0 Å². The number of morpholine rings is 1. The molecule has 0 aromatic rings. The summed E-state index contributed by atoms with van der Waals surface area (Å²) in [5.74, 6) is 0. The van der Waals surface area contributed by atoms with E-state index in [9.17, 15) is 0 Å². The average molecular weight is 937 g/mol. The lowest BCUT2D eigenvalue weighted by atomic mass is 9.99. The smallest absolute Gasteiger partial charge is 0.160 e. The van der Waals surface area contributed by atoms with Crippen molar-refractivity contribution in [1.82, 2.24) is 15.1 Å². The molecular weight excluding hydrogens is 823 g/mol. The minimum absolute atomic E-state index is 0.344. The number of ether oxygens (including phenoxy) is 2. The second-order valence-corrected chi connectivity index (χ2v) is 21.2. The maximum Gasteiger partial charge on any atom is 0.160 e. The fraction of sp³-hybridized carbons (Fsp3) is 0.965. The van der Waals surface area contributed by atoms with Crippen LogP contribution in [-0.2, 0) is 9.47 Å². The molecule has 1 aliphatic heterocycles. The summed E-state index contributed by atoms with van der Waals surface area (Å²) in [5, 5.41) is 4.74. The molecular formula is C57H113N3O2S2. The minimum Gasteiger partial charge on any atom is -0.484 e. The molecule has 0 spiro atoms. The van der Waals surface area contributed by atoms with Gasteiger partial charge in [0.2, 0.25) is 0 Å². The zero-order valence-electron chi connectivity index (χ0n) is 43.8. The summed E-state index contributed by atoms with van der Waals surface area (Å²) in [6, 6.07) is 0.591. The van der Waals surface area contributed by atoms with Gasteiger partial charge in [-0.2, -0.15) is 0 Å². The molecule has 1 saturated heterocycles. The Morgan fingerprint density at radius 1 is 0.469 bits per heavy atom. The highest BCUT2D eigenvalue weighted by Crippen LogP contribution is 2.20. The van der Waals surface area contributed by atoms with E-state index in [1.807, 2.05) is 0 Å². The van der Waals surface area contributed by atoms with Crippen LogP contribution in [0, 0.1) is 0 Å². The molecule has 0 aromatic carbocycles. The van der Waals surface area contributed by atoms with Gasteiger partial charge < -0.3 is 19.7 Å². The first-order valence-electron chi connectivity index (χ1n) is 29.0. The lowest BCUT2D eigenvalue weighted by Crippen LogP contribution is -2.38. The van der Waals surface area contributed by atoms with Gasteiger partial charge in [0.05, 0.1) is 24.3 Å². The Labute approximate surface area is 412 Å². The van der Waals surface area contributed by atoms with Crippen LogP contribution in [0.2, 0.25) is 0 Å². The van der Waals surface area contributed by atoms with Gasteiger partial charge in [0, 0.05) is 25.6 Å². The Morgan fingerprint density at radius 2 is 0.844 bits per heavy atom. The van der Waals surface area contributed by atoms with Gasteiger partial charge in [-0.3, -0.25) is 4.90 Å². The van der Waals surface area contributed by atoms with E-state index in [1.54, 1.807) is 0 Å². The molecule has 1 aliphatic rings. The summed E-state index contributed by atoms with van der Waals surface area (Å²) < 4.78 is 12.1. The van der Waals surface area contributed by atoms with Gasteiger partial charge >= 0.3 is 0 Å². The van der Waals surface area contributed by atoms with E-state index in [1.165, 1.54) is 277 Å². The SMILES string of the molecule is CCCCCCCCC(CCCCCCCC)NC(=S)CCCCCCCN(CCCCCCCC(=S)OC(CCCCCCCC)CCCCCCCC)CCCN1CCOCC1. The average Bonchev–Trinajstić information content (AvgIpc) is 3.30. The number of nitrogens with one attached hydrogen (secondary N) is 1. The molecule has 0 saturated carbocycles. The molecule has 0 bridgehead atoms. The molecule has 64 heavy (non-hydrogen) atoms. The Balaban J connectivity index is 2.38. The van der Waals surface area contributed by atoms with Crippen molar-refractivity contribution in [3.63, 3.8) is 0 Å². The summed E-state index contributed by atoms with van der Waals surface area (Å²) in [6.45, 7) is 18.2. The first-order valence-corrected chi connectivity index (χ1v) is 29.8.